The van der Waals surface area contributed by atoms with Crippen molar-refractivity contribution in [3.63, 3.8) is 0 Å². The zero-order valence-electron chi connectivity index (χ0n) is 25.9. The molecule has 240 valence electrons. The van der Waals surface area contributed by atoms with Crippen molar-refractivity contribution >= 4 is 40.1 Å². The highest BCUT2D eigenvalue weighted by atomic mass is 32.0. The second kappa shape index (κ2) is 16.2. The van der Waals surface area contributed by atoms with Crippen LogP contribution in [0.4, 0.5) is 21.3 Å². The molecule has 0 aliphatic rings. The molecule has 0 saturated carbocycles. The van der Waals surface area contributed by atoms with Gasteiger partial charge in [-0.2, -0.15) is 14.4 Å². The van der Waals surface area contributed by atoms with Crippen molar-refractivity contribution < 1.29 is 27.7 Å². The monoisotopic (exact) mass is 669 g/mol. The average Bonchev–Trinajstić information content (AvgIpc) is 3.12. The lowest BCUT2D eigenvalue weighted by molar-refractivity contribution is -0.132. The van der Waals surface area contributed by atoms with Crippen LogP contribution in [0.5, 0.6) is 11.5 Å². The number of anilines is 1. The van der Waals surface area contributed by atoms with E-state index >= 15 is 0 Å². The molecule has 0 bridgehead atoms. The Hall–Kier alpha value is -4.68. The van der Waals surface area contributed by atoms with Crippen LogP contribution in [0.1, 0.15) is 16.7 Å². The third-order valence-corrected chi connectivity index (χ3v) is 8.07. The first-order chi connectivity index (χ1) is 22.9. The van der Waals surface area contributed by atoms with Gasteiger partial charge in [0.2, 0.25) is 0 Å². The second-order valence-electron chi connectivity index (χ2n) is 10.3. The van der Waals surface area contributed by atoms with E-state index in [1.807, 2.05) is 118 Å². The van der Waals surface area contributed by atoms with Crippen molar-refractivity contribution in [3.8, 4) is 11.5 Å². The number of nitrogens with zero attached hydrogens (tertiary/aromatic N) is 3. The molecule has 0 amide bonds. The first kappa shape index (κ1) is 33.7. The Kier molecular flexibility index (Phi) is 11.6. The molecule has 2 unspecified atom stereocenters. The zero-order valence-corrected chi connectivity index (χ0v) is 28.0. The lowest BCUT2D eigenvalue weighted by atomic mass is 9.80. The molecular formula is C36H34FN3O5P2. The molecule has 47 heavy (non-hydrogen) atoms. The molecular weight excluding hydrogens is 635 g/mol. The number of hydrogen-bond donors (Lipinski definition) is 0. The molecule has 0 N–H and O–H groups in total. The molecule has 8 nitrogen and oxygen atoms in total. The van der Waals surface area contributed by atoms with Crippen LogP contribution in [0.25, 0.3) is 0 Å². The third-order valence-electron chi connectivity index (χ3n) is 7.37. The summed E-state index contributed by atoms with van der Waals surface area (Å²) < 4.78 is 36.5. The maximum absolute atomic E-state index is 13.7. The standard InChI is InChI=1S/C36H34FN3O5P2/c1-42-33-21-13-28(14-22-33)36(27-9-5-3-6-10-27,29-15-23-34(43-2)24-16-29)44-26-40(25-35(41)45-47(37)46)32-19-17-31(18-20-32)39-38-30-11-7-4-8-12-30/h3-24H,25-26,46H2,1-2H3. The first-order valence-electron chi connectivity index (χ1n) is 14.6. The molecule has 11 heteroatoms. The minimum atomic E-state index is -2.47. The number of ether oxygens (including phenoxy) is 3. The number of benzene rings is 5. The fraction of sp³-hybridized carbons (Fsp3) is 0.139. The Morgan fingerprint density at radius 3 is 1.66 bits per heavy atom. The summed E-state index contributed by atoms with van der Waals surface area (Å²) >= 11 is 0. The highest BCUT2D eigenvalue weighted by molar-refractivity contribution is 8.08. The number of methoxy groups -OCH3 is 2. The van der Waals surface area contributed by atoms with Gasteiger partial charge in [-0.05, 0) is 86.3 Å². The van der Waals surface area contributed by atoms with Crippen molar-refractivity contribution in [1.82, 2.24) is 0 Å². The lowest BCUT2D eigenvalue weighted by Crippen LogP contribution is -2.40. The van der Waals surface area contributed by atoms with Crippen LogP contribution in [-0.2, 0) is 19.7 Å². The van der Waals surface area contributed by atoms with Gasteiger partial charge in [0.05, 0.1) is 25.6 Å². The van der Waals surface area contributed by atoms with Crippen LogP contribution in [-0.4, -0.2) is 33.5 Å². The Morgan fingerprint density at radius 2 is 1.17 bits per heavy atom. The fourth-order valence-electron chi connectivity index (χ4n) is 5.08. The number of halogens is 1. The van der Waals surface area contributed by atoms with E-state index in [0.717, 1.165) is 22.4 Å². The summed E-state index contributed by atoms with van der Waals surface area (Å²) in [6.07, 6.45) is 0. The Bertz CT molecular complexity index is 1700. The topological polar surface area (TPSA) is 82.0 Å². The average molecular weight is 670 g/mol. The van der Waals surface area contributed by atoms with Gasteiger partial charge < -0.3 is 23.6 Å². The van der Waals surface area contributed by atoms with E-state index in [1.165, 1.54) is 0 Å². The minimum Gasteiger partial charge on any atom is -0.497 e. The Balaban J connectivity index is 1.55. The molecule has 0 spiro atoms. The summed E-state index contributed by atoms with van der Waals surface area (Å²) in [4.78, 5) is 14.5. The number of hydrogen-bond acceptors (Lipinski definition) is 8. The summed E-state index contributed by atoms with van der Waals surface area (Å²) in [6.45, 7) is -0.341. The molecule has 0 radical (unpaired) electrons. The normalized spacial score (nSPS) is 12.0. The quantitative estimate of drug-likeness (QED) is 0.0507. The molecule has 0 aliphatic heterocycles. The zero-order chi connectivity index (χ0) is 33.1. The predicted molar refractivity (Wildman–Crippen MR) is 186 cm³/mol. The largest absolute Gasteiger partial charge is 0.497 e. The van der Waals surface area contributed by atoms with Gasteiger partial charge in [-0.15, -0.1) is 0 Å². The Morgan fingerprint density at radius 1 is 0.702 bits per heavy atom. The van der Waals surface area contributed by atoms with Crippen LogP contribution >= 0.6 is 17.1 Å². The molecule has 0 aliphatic carbocycles. The molecule has 2 atom stereocenters. The summed E-state index contributed by atoms with van der Waals surface area (Å²) in [5.41, 5.74) is 3.35. The van der Waals surface area contributed by atoms with Gasteiger partial charge in [0.15, 0.2) is 0 Å². The van der Waals surface area contributed by atoms with Gasteiger partial charge >= 0.3 is 5.97 Å². The summed E-state index contributed by atoms with van der Waals surface area (Å²) in [5, 5.41) is 8.60. The van der Waals surface area contributed by atoms with Gasteiger partial charge in [0, 0.05) is 5.69 Å². The van der Waals surface area contributed by atoms with E-state index in [1.54, 1.807) is 43.4 Å². The van der Waals surface area contributed by atoms with E-state index in [4.69, 9.17) is 18.7 Å². The molecule has 0 saturated heterocycles. The van der Waals surface area contributed by atoms with E-state index in [2.05, 4.69) is 10.2 Å². The van der Waals surface area contributed by atoms with Crippen LogP contribution in [0.2, 0.25) is 0 Å². The van der Waals surface area contributed by atoms with E-state index < -0.39 is 19.7 Å². The summed E-state index contributed by atoms with van der Waals surface area (Å²) in [6, 6.07) is 41.7. The van der Waals surface area contributed by atoms with Gasteiger partial charge in [-0.3, -0.25) is 0 Å². The number of azo groups is 1. The maximum atomic E-state index is 13.7. The molecule has 5 aromatic rings. The molecule has 5 rings (SSSR count). The van der Waals surface area contributed by atoms with Crippen molar-refractivity contribution in [2.75, 3.05) is 32.4 Å². The van der Waals surface area contributed by atoms with Crippen LogP contribution in [0.3, 0.4) is 0 Å². The van der Waals surface area contributed by atoms with Gasteiger partial charge in [0.25, 0.3) is 8.15 Å². The molecule has 0 aromatic heterocycles. The molecule has 0 heterocycles. The predicted octanol–water partition coefficient (Wildman–Crippen LogP) is 9.51. The summed E-state index contributed by atoms with van der Waals surface area (Å²) in [5.74, 6) is 0.656. The van der Waals surface area contributed by atoms with Crippen molar-refractivity contribution in [2.45, 2.75) is 5.60 Å². The van der Waals surface area contributed by atoms with Gasteiger partial charge in [-0.25, -0.2) is 4.79 Å². The van der Waals surface area contributed by atoms with Gasteiger partial charge in [0.1, 0.15) is 30.4 Å². The highest BCUT2D eigenvalue weighted by Gasteiger charge is 2.38. The SMILES string of the molecule is COc1ccc(C(OCN(CC(=O)OP(F)P)c2ccc(N=Nc3ccccc3)cc2)(c2ccccc2)c2ccc(OC)cc2)cc1. The number of rotatable bonds is 14. The second-order valence-corrected chi connectivity index (χ2v) is 12.2. The molecule has 5 aromatic carbocycles. The fourth-order valence-corrected chi connectivity index (χ4v) is 5.69. The minimum absolute atomic E-state index is 0.0754. The third kappa shape index (κ3) is 8.57. The van der Waals surface area contributed by atoms with Gasteiger partial charge in [-0.1, -0.05) is 72.8 Å². The molecule has 0 fully saturated rings. The highest BCUT2D eigenvalue weighted by Crippen LogP contribution is 2.47. The van der Waals surface area contributed by atoms with E-state index in [0.29, 0.717) is 22.9 Å². The number of carbonyl (C=O) groups is 1. The van der Waals surface area contributed by atoms with E-state index in [9.17, 15) is 8.99 Å². The van der Waals surface area contributed by atoms with Crippen LogP contribution in [0, 0.1) is 0 Å². The van der Waals surface area contributed by atoms with E-state index in [-0.39, 0.29) is 13.3 Å². The summed E-state index contributed by atoms with van der Waals surface area (Å²) in [7, 11) is 2.64. The van der Waals surface area contributed by atoms with Crippen molar-refractivity contribution in [1.29, 1.82) is 0 Å². The van der Waals surface area contributed by atoms with Crippen LogP contribution in [0.15, 0.2) is 144 Å². The number of carbonyl (C=O) groups excluding carboxylic acids is 1. The Labute approximate surface area is 277 Å². The van der Waals surface area contributed by atoms with Crippen molar-refractivity contribution in [3.05, 3.63) is 150 Å². The van der Waals surface area contributed by atoms with Crippen LogP contribution < -0.4 is 14.4 Å². The first-order valence-corrected chi connectivity index (χ1v) is 17.4. The lowest BCUT2D eigenvalue weighted by Gasteiger charge is -2.38. The smallest absolute Gasteiger partial charge is 0.330 e. The van der Waals surface area contributed by atoms with Crippen molar-refractivity contribution in [2.24, 2.45) is 10.2 Å². The maximum Gasteiger partial charge on any atom is 0.330 e.